The van der Waals surface area contributed by atoms with Crippen LogP contribution in [-0.4, -0.2) is 18.3 Å². The summed E-state index contributed by atoms with van der Waals surface area (Å²) < 4.78 is 42.1. The maximum absolute atomic E-state index is 12.5. The number of nitriles is 1. The molecule has 0 aliphatic carbocycles. The van der Waals surface area contributed by atoms with E-state index in [2.05, 4.69) is 4.74 Å². The highest BCUT2D eigenvalue weighted by Gasteiger charge is 2.31. The zero-order valence-corrected chi connectivity index (χ0v) is 11.6. The molecule has 7 heteroatoms. The molecule has 0 saturated heterocycles. The summed E-state index contributed by atoms with van der Waals surface area (Å²) in [6.45, 7) is 1.74. The molecule has 0 N–H and O–H groups in total. The lowest BCUT2D eigenvalue weighted by Crippen LogP contribution is -2.09. The van der Waals surface area contributed by atoms with Crippen LogP contribution >= 0.6 is 11.8 Å². The van der Waals surface area contributed by atoms with Gasteiger partial charge in [-0.3, -0.25) is 4.79 Å². The third-order valence-corrected chi connectivity index (χ3v) is 3.62. The summed E-state index contributed by atoms with van der Waals surface area (Å²) in [7, 11) is 1.26. The highest BCUT2D eigenvalue weighted by Crippen LogP contribution is 2.34. The van der Waals surface area contributed by atoms with Crippen LogP contribution in [0.3, 0.4) is 0 Å². The monoisotopic (exact) mass is 303 g/mol. The summed E-state index contributed by atoms with van der Waals surface area (Å²) in [5.41, 5.74) is -0.916. The van der Waals surface area contributed by atoms with Gasteiger partial charge in [-0.25, -0.2) is 0 Å². The molecule has 1 atom stereocenters. The van der Waals surface area contributed by atoms with Gasteiger partial charge in [0.25, 0.3) is 0 Å². The molecule has 0 amide bonds. The van der Waals surface area contributed by atoms with Crippen molar-refractivity contribution in [3.8, 4) is 6.07 Å². The van der Waals surface area contributed by atoms with Gasteiger partial charge in [0, 0.05) is 10.1 Å². The largest absolute Gasteiger partial charge is 0.469 e. The Morgan fingerprint density at radius 2 is 2.15 bits per heavy atom. The van der Waals surface area contributed by atoms with Crippen molar-refractivity contribution in [2.24, 2.45) is 0 Å². The van der Waals surface area contributed by atoms with Gasteiger partial charge in [0.05, 0.1) is 24.7 Å². The number of methoxy groups -OCH3 is 1. The maximum Gasteiger partial charge on any atom is 0.416 e. The van der Waals surface area contributed by atoms with E-state index in [1.54, 1.807) is 13.0 Å². The molecule has 0 spiro atoms. The van der Waals surface area contributed by atoms with Gasteiger partial charge in [-0.1, -0.05) is 6.92 Å². The SMILES string of the molecule is COC(=O)CC(C)Sc1ccc(C(F)(F)F)cc1C#N. The molecule has 0 radical (unpaired) electrons. The molecule has 20 heavy (non-hydrogen) atoms. The van der Waals surface area contributed by atoms with Crippen molar-refractivity contribution >= 4 is 17.7 Å². The molecule has 0 aromatic heterocycles. The molecule has 108 valence electrons. The van der Waals surface area contributed by atoms with Crippen LogP contribution in [0.2, 0.25) is 0 Å². The van der Waals surface area contributed by atoms with E-state index in [4.69, 9.17) is 5.26 Å². The Morgan fingerprint density at radius 1 is 1.50 bits per heavy atom. The standard InChI is InChI=1S/C13H12F3NO2S/c1-8(5-12(18)19-2)20-11-4-3-10(13(14,15)16)6-9(11)7-17/h3-4,6,8H,5H2,1-2H3. The van der Waals surface area contributed by atoms with Crippen molar-refractivity contribution in [1.29, 1.82) is 5.26 Å². The summed E-state index contributed by atoms with van der Waals surface area (Å²) in [4.78, 5) is 11.5. The number of benzene rings is 1. The Labute approximate surface area is 118 Å². The molecule has 0 fully saturated rings. The van der Waals surface area contributed by atoms with Crippen LogP contribution in [0.25, 0.3) is 0 Å². The number of carbonyl (C=O) groups is 1. The Hall–Kier alpha value is -1.68. The molecular weight excluding hydrogens is 291 g/mol. The number of carbonyl (C=O) groups excluding carboxylic acids is 1. The van der Waals surface area contributed by atoms with Crippen molar-refractivity contribution in [2.45, 2.75) is 29.7 Å². The van der Waals surface area contributed by atoms with Crippen LogP contribution in [0, 0.1) is 11.3 Å². The molecule has 3 nitrogen and oxygen atoms in total. The summed E-state index contributed by atoms with van der Waals surface area (Å²) in [5, 5.41) is 8.72. The average Bonchev–Trinajstić information content (AvgIpc) is 2.37. The zero-order chi connectivity index (χ0) is 15.3. The number of nitrogens with zero attached hydrogens (tertiary/aromatic N) is 1. The van der Waals surface area contributed by atoms with Gasteiger partial charge >= 0.3 is 12.1 Å². The minimum absolute atomic E-state index is 0.0541. The first-order valence-electron chi connectivity index (χ1n) is 5.62. The number of esters is 1. The second kappa shape index (κ2) is 6.66. The van der Waals surface area contributed by atoms with E-state index >= 15 is 0 Å². The molecule has 1 aromatic rings. The van der Waals surface area contributed by atoms with Crippen LogP contribution in [0.4, 0.5) is 13.2 Å². The fourth-order valence-corrected chi connectivity index (χ4v) is 2.50. The van der Waals surface area contributed by atoms with Gasteiger partial charge in [0.15, 0.2) is 0 Å². The molecule has 1 unspecified atom stereocenters. The summed E-state index contributed by atoms with van der Waals surface area (Å²) >= 11 is 1.17. The fourth-order valence-electron chi connectivity index (χ4n) is 1.47. The Balaban J connectivity index is 2.92. The predicted octanol–water partition coefficient (Wildman–Crippen LogP) is 3.62. The van der Waals surface area contributed by atoms with Gasteiger partial charge in [-0.05, 0) is 18.2 Å². The Kier molecular flexibility index (Phi) is 5.45. The van der Waals surface area contributed by atoms with Crippen molar-refractivity contribution in [2.75, 3.05) is 7.11 Å². The molecule has 1 rings (SSSR count). The van der Waals surface area contributed by atoms with Gasteiger partial charge in [0.2, 0.25) is 0 Å². The van der Waals surface area contributed by atoms with Crippen molar-refractivity contribution in [3.63, 3.8) is 0 Å². The van der Waals surface area contributed by atoms with Crippen molar-refractivity contribution in [3.05, 3.63) is 29.3 Å². The zero-order valence-electron chi connectivity index (χ0n) is 10.8. The number of thioether (sulfide) groups is 1. The van der Waals surface area contributed by atoms with Crippen molar-refractivity contribution < 1.29 is 22.7 Å². The van der Waals surface area contributed by atoms with Crippen molar-refractivity contribution in [1.82, 2.24) is 0 Å². The fraction of sp³-hybridized carbons (Fsp3) is 0.385. The lowest BCUT2D eigenvalue weighted by molar-refractivity contribution is -0.140. The Bertz CT molecular complexity index is 537. The van der Waals surface area contributed by atoms with Crippen LogP contribution in [0.1, 0.15) is 24.5 Å². The van der Waals surface area contributed by atoms with E-state index in [9.17, 15) is 18.0 Å². The molecule has 0 bridgehead atoms. The highest BCUT2D eigenvalue weighted by molar-refractivity contribution is 8.00. The van der Waals surface area contributed by atoms with Crippen LogP contribution < -0.4 is 0 Å². The van der Waals surface area contributed by atoms with E-state index < -0.39 is 17.7 Å². The summed E-state index contributed by atoms with van der Waals surface area (Å²) in [6, 6.07) is 4.73. The molecule has 1 aromatic carbocycles. The lowest BCUT2D eigenvalue weighted by atomic mass is 10.1. The maximum atomic E-state index is 12.5. The normalized spacial score (nSPS) is 12.6. The third-order valence-electron chi connectivity index (χ3n) is 2.44. The highest BCUT2D eigenvalue weighted by atomic mass is 32.2. The average molecular weight is 303 g/mol. The molecule has 0 saturated carbocycles. The first-order valence-corrected chi connectivity index (χ1v) is 6.50. The lowest BCUT2D eigenvalue weighted by Gasteiger charge is -2.13. The number of hydrogen-bond acceptors (Lipinski definition) is 4. The first-order chi connectivity index (χ1) is 9.27. The molecule has 0 aliphatic heterocycles. The molecular formula is C13H12F3NO2S. The molecule has 0 heterocycles. The number of rotatable bonds is 4. The summed E-state index contributed by atoms with van der Waals surface area (Å²) in [6.07, 6.45) is -4.36. The number of halogens is 3. The first kappa shape index (κ1) is 16.4. The third kappa shape index (κ3) is 4.46. The number of hydrogen-bond donors (Lipinski definition) is 0. The Morgan fingerprint density at radius 3 is 2.65 bits per heavy atom. The number of alkyl halides is 3. The van der Waals surface area contributed by atoms with Gasteiger partial charge in [-0.15, -0.1) is 11.8 Å². The van der Waals surface area contributed by atoms with E-state index in [1.807, 2.05) is 0 Å². The van der Waals surface area contributed by atoms with Crippen LogP contribution in [0.15, 0.2) is 23.1 Å². The molecule has 0 aliphatic rings. The minimum atomic E-state index is -4.48. The van der Waals surface area contributed by atoms with Gasteiger partial charge < -0.3 is 4.74 Å². The van der Waals surface area contributed by atoms with E-state index in [0.717, 1.165) is 12.1 Å². The van der Waals surface area contributed by atoms with E-state index in [1.165, 1.54) is 24.9 Å². The quantitative estimate of drug-likeness (QED) is 0.629. The van der Waals surface area contributed by atoms with Crippen LogP contribution in [-0.2, 0) is 15.7 Å². The predicted molar refractivity (Wildman–Crippen MR) is 68.1 cm³/mol. The van der Waals surface area contributed by atoms with E-state index in [0.29, 0.717) is 4.90 Å². The number of ether oxygens (including phenoxy) is 1. The minimum Gasteiger partial charge on any atom is -0.469 e. The van der Waals surface area contributed by atoms with Gasteiger partial charge in [-0.2, -0.15) is 18.4 Å². The van der Waals surface area contributed by atoms with Crippen LogP contribution in [0.5, 0.6) is 0 Å². The second-order valence-electron chi connectivity index (χ2n) is 4.03. The second-order valence-corrected chi connectivity index (χ2v) is 5.51. The summed E-state index contributed by atoms with van der Waals surface area (Å²) in [5.74, 6) is -0.407. The topological polar surface area (TPSA) is 50.1 Å². The smallest absolute Gasteiger partial charge is 0.416 e. The van der Waals surface area contributed by atoms with Gasteiger partial charge in [0.1, 0.15) is 6.07 Å². The van der Waals surface area contributed by atoms with E-state index in [-0.39, 0.29) is 17.2 Å².